The zero-order chi connectivity index (χ0) is 15.1. The summed E-state index contributed by atoms with van der Waals surface area (Å²) >= 11 is 5.85. The van der Waals surface area contributed by atoms with E-state index in [1.54, 1.807) is 12.1 Å². The molecule has 0 unspecified atom stereocenters. The Morgan fingerprint density at radius 1 is 1.35 bits per heavy atom. The highest BCUT2D eigenvalue weighted by Crippen LogP contribution is 2.15. The molecule has 0 aliphatic heterocycles. The molecule has 0 saturated carbocycles. The zero-order valence-electron chi connectivity index (χ0n) is 10.8. The molecule has 0 heterocycles. The number of carboxylic acid groups (broad SMARTS) is 1. The maximum absolute atomic E-state index is 11.9. The van der Waals surface area contributed by atoms with Crippen LogP contribution in [0.4, 0.5) is 0 Å². The summed E-state index contributed by atoms with van der Waals surface area (Å²) in [6.07, 6.45) is -0.158. The molecule has 7 heteroatoms. The molecule has 0 bridgehead atoms. The van der Waals surface area contributed by atoms with Gasteiger partial charge in [-0.25, -0.2) is 4.79 Å². The molecule has 108 valence electrons. The van der Waals surface area contributed by atoms with Crippen molar-refractivity contribution in [1.82, 2.24) is 5.32 Å². The molecule has 0 aliphatic rings. The molecule has 1 amide bonds. The predicted octanol–water partition coefficient (Wildman–Crippen LogP) is 1.48. The van der Waals surface area contributed by atoms with Crippen LogP contribution in [-0.4, -0.2) is 36.1 Å². The number of carboxylic acids is 1. The fraction of sp³-hybridized carbons (Fsp3) is 0.308. The number of ether oxygens (including phenoxy) is 1. The van der Waals surface area contributed by atoms with Gasteiger partial charge in [0.2, 0.25) is 0 Å². The summed E-state index contributed by atoms with van der Waals surface area (Å²) in [6.45, 7) is 0. The van der Waals surface area contributed by atoms with Gasteiger partial charge in [0.05, 0.1) is 17.7 Å². The molecule has 0 aliphatic carbocycles. The fourth-order valence-electron chi connectivity index (χ4n) is 1.50. The number of benzene rings is 1. The maximum Gasteiger partial charge on any atom is 0.326 e. The van der Waals surface area contributed by atoms with Crippen LogP contribution in [0.15, 0.2) is 24.3 Å². The van der Waals surface area contributed by atoms with Crippen molar-refractivity contribution >= 4 is 29.4 Å². The Balaban J connectivity index is 2.71. The van der Waals surface area contributed by atoms with Gasteiger partial charge in [-0.15, -0.1) is 0 Å². The molecule has 0 fully saturated rings. The van der Waals surface area contributed by atoms with Gasteiger partial charge in [0, 0.05) is 6.42 Å². The van der Waals surface area contributed by atoms with Crippen LogP contribution in [0.3, 0.4) is 0 Å². The number of hydrogen-bond acceptors (Lipinski definition) is 4. The Labute approximate surface area is 120 Å². The lowest BCUT2D eigenvalue weighted by atomic mass is 10.1. The third-order valence-electron chi connectivity index (χ3n) is 2.59. The van der Waals surface area contributed by atoms with Crippen molar-refractivity contribution in [1.29, 1.82) is 0 Å². The molecular formula is C13H14ClNO5. The SMILES string of the molecule is COC(=O)CC[C@H](NC(=O)c1ccccc1Cl)C(=O)O. The molecule has 1 rings (SSSR count). The highest BCUT2D eigenvalue weighted by atomic mass is 35.5. The number of rotatable bonds is 6. The first-order chi connectivity index (χ1) is 9.45. The van der Waals surface area contributed by atoms with Gasteiger partial charge in [0.15, 0.2) is 0 Å². The first-order valence-corrected chi connectivity index (χ1v) is 6.18. The average Bonchev–Trinajstić information content (AvgIpc) is 2.42. The maximum atomic E-state index is 11.9. The Bertz CT molecular complexity index is 517. The van der Waals surface area contributed by atoms with Crippen LogP contribution in [0.2, 0.25) is 5.02 Å². The van der Waals surface area contributed by atoms with Crippen LogP contribution in [-0.2, 0) is 14.3 Å². The largest absolute Gasteiger partial charge is 0.480 e. The first kappa shape index (κ1) is 16.0. The smallest absolute Gasteiger partial charge is 0.326 e. The Morgan fingerprint density at radius 2 is 2.00 bits per heavy atom. The molecule has 6 nitrogen and oxygen atoms in total. The van der Waals surface area contributed by atoms with Crippen LogP contribution in [0.5, 0.6) is 0 Å². The molecule has 0 radical (unpaired) electrons. The summed E-state index contributed by atoms with van der Waals surface area (Å²) in [6, 6.07) is 5.10. The van der Waals surface area contributed by atoms with E-state index in [2.05, 4.69) is 10.1 Å². The number of halogens is 1. The molecular weight excluding hydrogens is 286 g/mol. The summed E-state index contributed by atoms with van der Waals surface area (Å²) in [5.74, 6) is -2.37. The molecule has 1 aromatic rings. The van der Waals surface area contributed by atoms with E-state index in [4.69, 9.17) is 16.7 Å². The highest BCUT2D eigenvalue weighted by molar-refractivity contribution is 6.33. The van der Waals surface area contributed by atoms with E-state index < -0.39 is 23.9 Å². The molecule has 2 N–H and O–H groups in total. The van der Waals surface area contributed by atoms with E-state index in [-0.39, 0.29) is 23.4 Å². The minimum atomic E-state index is -1.23. The van der Waals surface area contributed by atoms with Crippen molar-refractivity contribution < 1.29 is 24.2 Å². The minimum absolute atomic E-state index is 0.0573. The number of carbonyl (C=O) groups excluding carboxylic acids is 2. The van der Waals surface area contributed by atoms with Crippen molar-refractivity contribution in [3.63, 3.8) is 0 Å². The number of hydrogen-bond donors (Lipinski definition) is 2. The van der Waals surface area contributed by atoms with Crippen molar-refractivity contribution in [3.05, 3.63) is 34.9 Å². The number of methoxy groups -OCH3 is 1. The standard InChI is InChI=1S/C13H14ClNO5/c1-20-11(16)7-6-10(13(18)19)15-12(17)8-4-2-3-5-9(8)14/h2-5,10H,6-7H2,1H3,(H,15,17)(H,18,19)/t10-/m0/s1. The van der Waals surface area contributed by atoms with Crippen molar-refractivity contribution in [3.8, 4) is 0 Å². The van der Waals surface area contributed by atoms with Crippen molar-refractivity contribution in [2.24, 2.45) is 0 Å². The third-order valence-corrected chi connectivity index (χ3v) is 2.92. The summed E-state index contributed by atoms with van der Waals surface area (Å²) in [5, 5.41) is 11.6. The number of aliphatic carboxylic acids is 1. The van der Waals surface area contributed by atoms with Gasteiger partial charge in [0.25, 0.3) is 5.91 Å². The fourth-order valence-corrected chi connectivity index (χ4v) is 1.72. The van der Waals surface area contributed by atoms with Gasteiger partial charge in [-0.1, -0.05) is 23.7 Å². The summed E-state index contributed by atoms with van der Waals surface area (Å²) < 4.78 is 4.42. The lowest BCUT2D eigenvalue weighted by Gasteiger charge is -2.14. The lowest BCUT2D eigenvalue weighted by Crippen LogP contribution is -2.41. The van der Waals surface area contributed by atoms with Crippen molar-refractivity contribution in [2.45, 2.75) is 18.9 Å². The van der Waals surface area contributed by atoms with Crippen LogP contribution < -0.4 is 5.32 Å². The van der Waals surface area contributed by atoms with Crippen molar-refractivity contribution in [2.75, 3.05) is 7.11 Å². The molecule has 20 heavy (non-hydrogen) atoms. The van der Waals surface area contributed by atoms with Gasteiger partial charge in [-0.2, -0.15) is 0 Å². The molecule has 1 atom stereocenters. The van der Waals surface area contributed by atoms with Gasteiger partial charge < -0.3 is 15.2 Å². The number of nitrogens with one attached hydrogen (secondary N) is 1. The Morgan fingerprint density at radius 3 is 2.55 bits per heavy atom. The van der Waals surface area contributed by atoms with Crippen LogP contribution in [0.25, 0.3) is 0 Å². The monoisotopic (exact) mass is 299 g/mol. The highest BCUT2D eigenvalue weighted by Gasteiger charge is 2.22. The minimum Gasteiger partial charge on any atom is -0.480 e. The van der Waals surface area contributed by atoms with E-state index in [9.17, 15) is 14.4 Å². The first-order valence-electron chi connectivity index (χ1n) is 5.80. The summed E-state index contributed by atoms with van der Waals surface area (Å²) in [5.41, 5.74) is 0.179. The zero-order valence-corrected chi connectivity index (χ0v) is 11.5. The van der Waals surface area contributed by atoms with E-state index in [1.807, 2.05) is 0 Å². The Kier molecular flexibility index (Phi) is 5.99. The topological polar surface area (TPSA) is 92.7 Å². The number of carbonyl (C=O) groups is 3. The van der Waals surface area contributed by atoms with Crippen LogP contribution >= 0.6 is 11.6 Å². The van der Waals surface area contributed by atoms with Crippen LogP contribution in [0, 0.1) is 0 Å². The molecule has 1 aromatic carbocycles. The molecule has 0 spiro atoms. The van der Waals surface area contributed by atoms with E-state index in [1.165, 1.54) is 19.2 Å². The summed E-state index contributed by atoms with van der Waals surface area (Å²) in [7, 11) is 1.21. The normalized spacial score (nSPS) is 11.5. The van der Waals surface area contributed by atoms with Gasteiger partial charge in [0.1, 0.15) is 6.04 Å². The second-order valence-corrected chi connectivity index (χ2v) is 4.37. The number of esters is 1. The lowest BCUT2D eigenvalue weighted by molar-refractivity contribution is -0.142. The quantitative estimate of drug-likeness (QED) is 0.776. The van der Waals surface area contributed by atoms with Gasteiger partial charge >= 0.3 is 11.9 Å². The average molecular weight is 300 g/mol. The van der Waals surface area contributed by atoms with E-state index >= 15 is 0 Å². The molecule has 0 aromatic heterocycles. The van der Waals surface area contributed by atoms with Crippen LogP contribution in [0.1, 0.15) is 23.2 Å². The molecule has 0 saturated heterocycles. The van der Waals surface area contributed by atoms with E-state index in [0.29, 0.717) is 0 Å². The van der Waals surface area contributed by atoms with Gasteiger partial charge in [-0.3, -0.25) is 9.59 Å². The Hall–Kier alpha value is -2.08. The van der Waals surface area contributed by atoms with E-state index in [0.717, 1.165) is 0 Å². The number of amides is 1. The summed E-state index contributed by atoms with van der Waals surface area (Å²) in [4.78, 5) is 34.0. The van der Waals surface area contributed by atoms with Gasteiger partial charge in [-0.05, 0) is 18.6 Å². The predicted molar refractivity (Wildman–Crippen MR) is 71.6 cm³/mol. The second kappa shape index (κ2) is 7.49. The third kappa shape index (κ3) is 4.55. The second-order valence-electron chi connectivity index (χ2n) is 3.96.